The Kier molecular flexibility index (Phi) is 6.92. The Morgan fingerprint density at radius 2 is 1.74 bits per heavy atom. The summed E-state index contributed by atoms with van der Waals surface area (Å²) in [5.41, 5.74) is 1.08. The molecule has 1 rings (SSSR count). The SMILES string of the molecule is CCCC(CS)COc1c(OC)cc(C)cc1OC. The summed E-state index contributed by atoms with van der Waals surface area (Å²) in [7, 11) is 3.28. The van der Waals surface area contributed by atoms with Crippen LogP contribution < -0.4 is 14.2 Å². The average molecular weight is 284 g/mol. The van der Waals surface area contributed by atoms with Crippen LogP contribution in [0.5, 0.6) is 17.2 Å². The zero-order valence-electron chi connectivity index (χ0n) is 12.2. The molecule has 0 N–H and O–H groups in total. The molecule has 0 aliphatic heterocycles. The van der Waals surface area contributed by atoms with Crippen LogP contribution in [0.3, 0.4) is 0 Å². The van der Waals surface area contributed by atoms with Gasteiger partial charge in [-0.25, -0.2) is 0 Å². The second-order valence-electron chi connectivity index (χ2n) is 4.65. The molecule has 0 saturated carbocycles. The van der Waals surface area contributed by atoms with Crippen LogP contribution in [-0.4, -0.2) is 26.6 Å². The number of hydrogen-bond donors (Lipinski definition) is 1. The number of rotatable bonds is 8. The van der Waals surface area contributed by atoms with Gasteiger partial charge in [0.2, 0.25) is 5.75 Å². The molecule has 0 radical (unpaired) electrons. The molecule has 0 spiro atoms. The summed E-state index contributed by atoms with van der Waals surface area (Å²) in [4.78, 5) is 0. The fourth-order valence-electron chi connectivity index (χ4n) is 1.99. The van der Waals surface area contributed by atoms with Crippen molar-refractivity contribution in [3.63, 3.8) is 0 Å². The van der Waals surface area contributed by atoms with Crippen molar-refractivity contribution < 1.29 is 14.2 Å². The molecular weight excluding hydrogens is 260 g/mol. The summed E-state index contributed by atoms with van der Waals surface area (Å²) in [6.07, 6.45) is 2.25. The van der Waals surface area contributed by atoms with Crippen LogP contribution >= 0.6 is 12.6 Å². The van der Waals surface area contributed by atoms with Crippen LogP contribution in [-0.2, 0) is 0 Å². The molecule has 1 atom stereocenters. The maximum Gasteiger partial charge on any atom is 0.203 e. The molecule has 19 heavy (non-hydrogen) atoms. The highest BCUT2D eigenvalue weighted by Gasteiger charge is 2.15. The molecule has 3 nitrogen and oxygen atoms in total. The lowest BCUT2D eigenvalue weighted by Gasteiger charge is -2.18. The molecule has 0 aliphatic carbocycles. The zero-order valence-corrected chi connectivity index (χ0v) is 13.1. The highest BCUT2D eigenvalue weighted by Crippen LogP contribution is 2.38. The molecule has 0 aliphatic rings. The second-order valence-corrected chi connectivity index (χ2v) is 5.01. The minimum absolute atomic E-state index is 0.448. The van der Waals surface area contributed by atoms with Gasteiger partial charge in [-0.05, 0) is 36.8 Å². The van der Waals surface area contributed by atoms with Gasteiger partial charge < -0.3 is 14.2 Å². The molecule has 4 heteroatoms. The van der Waals surface area contributed by atoms with E-state index in [9.17, 15) is 0 Å². The van der Waals surface area contributed by atoms with Crippen molar-refractivity contribution >= 4 is 12.6 Å². The Morgan fingerprint density at radius 1 is 1.16 bits per heavy atom. The second kappa shape index (κ2) is 8.20. The summed E-state index contributed by atoms with van der Waals surface area (Å²) in [5, 5.41) is 0. The lowest BCUT2D eigenvalue weighted by Crippen LogP contribution is -2.14. The summed E-state index contributed by atoms with van der Waals surface area (Å²) in [6.45, 7) is 4.80. The fraction of sp³-hybridized carbons (Fsp3) is 0.600. The minimum Gasteiger partial charge on any atom is -0.493 e. The first-order chi connectivity index (χ1) is 9.15. The first-order valence-electron chi connectivity index (χ1n) is 6.62. The van der Waals surface area contributed by atoms with Crippen molar-refractivity contribution in [2.24, 2.45) is 5.92 Å². The summed E-state index contributed by atoms with van der Waals surface area (Å²) >= 11 is 4.37. The van der Waals surface area contributed by atoms with E-state index in [1.54, 1.807) is 14.2 Å². The van der Waals surface area contributed by atoms with Crippen LogP contribution in [0, 0.1) is 12.8 Å². The maximum absolute atomic E-state index is 5.91. The third kappa shape index (κ3) is 4.53. The van der Waals surface area contributed by atoms with E-state index in [4.69, 9.17) is 14.2 Å². The summed E-state index contributed by atoms with van der Waals surface area (Å²) in [5.74, 6) is 3.38. The van der Waals surface area contributed by atoms with Gasteiger partial charge in [0.15, 0.2) is 11.5 Å². The topological polar surface area (TPSA) is 27.7 Å². The summed E-state index contributed by atoms with van der Waals surface area (Å²) < 4.78 is 16.7. The molecule has 108 valence electrons. The number of thiol groups is 1. The van der Waals surface area contributed by atoms with Gasteiger partial charge in [0.25, 0.3) is 0 Å². The normalized spacial score (nSPS) is 12.1. The largest absolute Gasteiger partial charge is 0.493 e. The smallest absolute Gasteiger partial charge is 0.203 e. The van der Waals surface area contributed by atoms with E-state index >= 15 is 0 Å². The van der Waals surface area contributed by atoms with Gasteiger partial charge in [-0.15, -0.1) is 0 Å². The highest BCUT2D eigenvalue weighted by molar-refractivity contribution is 7.80. The van der Waals surface area contributed by atoms with Gasteiger partial charge in [-0.3, -0.25) is 0 Å². The first kappa shape index (κ1) is 16.0. The molecule has 0 bridgehead atoms. The molecule has 1 aromatic carbocycles. The molecule has 0 amide bonds. The van der Waals surface area contributed by atoms with E-state index in [1.165, 1.54) is 0 Å². The van der Waals surface area contributed by atoms with Gasteiger partial charge >= 0.3 is 0 Å². The zero-order chi connectivity index (χ0) is 14.3. The Morgan fingerprint density at radius 3 is 2.16 bits per heavy atom. The van der Waals surface area contributed by atoms with Crippen molar-refractivity contribution in [2.75, 3.05) is 26.6 Å². The lowest BCUT2D eigenvalue weighted by atomic mass is 10.1. The Bertz CT molecular complexity index is 368. The third-order valence-corrected chi connectivity index (χ3v) is 3.54. The maximum atomic E-state index is 5.91. The van der Waals surface area contributed by atoms with E-state index in [2.05, 4.69) is 19.6 Å². The van der Waals surface area contributed by atoms with Gasteiger partial charge in [-0.1, -0.05) is 13.3 Å². The highest BCUT2D eigenvalue weighted by atomic mass is 32.1. The molecule has 0 fully saturated rings. The van der Waals surface area contributed by atoms with Crippen molar-refractivity contribution in [2.45, 2.75) is 26.7 Å². The molecule has 1 unspecified atom stereocenters. The number of hydrogen-bond acceptors (Lipinski definition) is 4. The predicted octanol–water partition coefficient (Wildman–Crippen LogP) is 3.74. The summed E-state index contributed by atoms with van der Waals surface area (Å²) in [6, 6.07) is 3.90. The minimum atomic E-state index is 0.448. The Hall–Kier alpha value is -1.03. The van der Waals surface area contributed by atoms with Crippen molar-refractivity contribution in [3.05, 3.63) is 17.7 Å². The molecule has 0 aromatic heterocycles. The van der Waals surface area contributed by atoms with Crippen molar-refractivity contribution in [1.82, 2.24) is 0 Å². The number of methoxy groups -OCH3 is 2. The molecule has 1 aromatic rings. The standard InChI is InChI=1S/C15H24O3S/c1-5-6-12(10-19)9-18-15-13(16-3)7-11(2)8-14(15)17-4/h7-8,12,19H,5-6,9-10H2,1-4H3. The van der Waals surface area contributed by atoms with E-state index in [-0.39, 0.29) is 0 Å². The lowest BCUT2D eigenvalue weighted by molar-refractivity contribution is 0.231. The van der Waals surface area contributed by atoms with E-state index in [1.807, 2.05) is 19.1 Å². The Balaban J connectivity index is 2.86. The van der Waals surface area contributed by atoms with Gasteiger partial charge in [-0.2, -0.15) is 12.6 Å². The number of aryl methyl sites for hydroxylation is 1. The molecule has 0 heterocycles. The predicted molar refractivity (Wildman–Crippen MR) is 82.0 cm³/mol. The first-order valence-corrected chi connectivity index (χ1v) is 7.25. The quantitative estimate of drug-likeness (QED) is 0.737. The molecule has 0 saturated heterocycles. The van der Waals surface area contributed by atoms with Crippen LogP contribution in [0.2, 0.25) is 0 Å². The van der Waals surface area contributed by atoms with E-state index in [0.29, 0.717) is 29.8 Å². The fourth-order valence-corrected chi connectivity index (χ4v) is 2.28. The third-order valence-electron chi connectivity index (χ3n) is 3.02. The monoisotopic (exact) mass is 284 g/mol. The number of ether oxygens (including phenoxy) is 3. The van der Waals surface area contributed by atoms with E-state index in [0.717, 1.165) is 24.2 Å². The van der Waals surface area contributed by atoms with Gasteiger partial charge in [0, 0.05) is 5.92 Å². The van der Waals surface area contributed by atoms with Crippen LogP contribution in [0.15, 0.2) is 12.1 Å². The van der Waals surface area contributed by atoms with Crippen LogP contribution in [0.25, 0.3) is 0 Å². The van der Waals surface area contributed by atoms with Crippen molar-refractivity contribution in [3.8, 4) is 17.2 Å². The van der Waals surface area contributed by atoms with E-state index < -0.39 is 0 Å². The average Bonchev–Trinajstić information content (AvgIpc) is 2.43. The van der Waals surface area contributed by atoms with Gasteiger partial charge in [0.05, 0.1) is 20.8 Å². The Labute approximate surface area is 121 Å². The number of benzene rings is 1. The van der Waals surface area contributed by atoms with Crippen LogP contribution in [0.1, 0.15) is 25.3 Å². The van der Waals surface area contributed by atoms with Crippen molar-refractivity contribution in [1.29, 1.82) is 0 Å². The van der Waals surface area contributed by atoms with Gasteiger partial charge in [0.1, 0.15) is 0 Å². The van der Waals surface area contributed by atoms with Crippen LogP contribution in [0.4, 0.5) is 0 Å². The molecular formula is C15H24O3S.